The van der Waals surface area contributed by atoms with E-state index in [9.17, 15) is 0 Å². The predicted molar refractivity (Wildman–Crippen MR) is 35.4 cm³/mol. The standard InChI is InChI=1S/C7H11N/c1-3-8-6(2)7-4-5-7/h3-8H,1H2,2H3. The van der Waals surface area contributed by atoms with Gasteiger partial charge in [0.15, 0.2) is 0 Å². The second kappa shape index (κ2) is 2.03. The molecule has 1 aliphatic carbocycles. The second-order valence-corrected chi connectivity index (χ2v) is 2.12. The Morgan fingerprint density at radius 1 is 1.75 bits per heavy atom. The maximum absolute atomic E-state index is 3.57. The lowest BCUT2D eigenvalue weighted by Gasteiger charge is -2.08. The average Bonchev–Trinajstić information content (AvgIpc) is 2.45. The molecule has 0 aromatic rings. The van der Waals surface area contributed by atoms with Gasteiger partial charge in [-0.25, -0.2) is 0 Å². The first-order valence-corrected chi connectivity index (χ1v) is 2.90. The molecule has 0 spiro atoms. The molecule has 0 aromatic heterocycles. The third kappa shape index (κ3) is 1.12. The van der Waals surface area contributed by atoms with Gasteiger partial charge in [-0.1, -0.05) is 18.7 Å². The first-order chi connectivity index (χ1) is 3.84. The Morgan fingerprint density at radius 2 is 2.38 bits per heavy atom. The first kappa shape index (κ1) is 5.42. The summed E-state index contributed by atoms with van der Waals surface area (Å²) in [6.07, 6.45) is 6.10. The van der Waals surface area contributed by atoms with Gasteiger partial charge in [0.25, 0.3) is 0 Å². The maximum Gasteiger partial charge on any atom is 0.0324 e. The molecule has 1 aliphatic rings. The lowest BCUT2D eigenvalue weighted by Crippen LogP contribution is -2.22. The topological polar surface area (TPSA) is 12.0 Å². The molecule has 44 valence electrons. The van der Waals surface area contributed by atoms with Crippen LogP contribution in [-0.4, -0.2) is 6.04 Å². The van der Waals surface area contributed by atoms with Crippen LogP contribution in [0.2, 0.25) is 0 Å². The molecule has 0 aliphatic heterocycles. The molecule has 0 fully saturated rings. The zero-order valence-corrected chi connectivity index (χ0v) is 5.09. The van der Waals surface area contributed by atoms with Crippen LogP contribution in [0.25, 0.3) is 0 Å². The monoisotopic (exact) mass is 109 g/mol. The minimum absolute atomic E-state index is 0.549. The van der Waals surface area contributed by atoms with Gasteiger partial charge in [0.2, 0.25) is 0 Å². The quantitative estimate of drug-likeness (QED) is 0.538. The highest BCUT2D eigenvalue weighted by molar-refractivity contribution is 5.17. The van der Waals surface area contributed by atoms with Crippen molar-refractivity contribution in [3.63, 3.8) is 0 Å². The highest BCUT2D eigenvalue weighted by Crippen LogP contribution is 2.19. The zero-order chi connectivity index (χ0) is 5.98. The van der Waals surface area contributed by atoms with E-state index in [2.05, 4.69) is 31.0 Å². The molecule has 1 unspecified atom stereocenters. The molecule has 1 nitrogen and oxygen atoms in total. The maximum atomic E-state index is 3.57. The highest BCUT2D eigenvalue weighted by Gasteiger charge is 2.16. The van der Waals surface area contributed by atoms with Crippen LogP contribution in [0.4, 0.5) is 0 Å². The van der Waals surface area contributed by atoms with Crippen LogP contribution in [0, 0.1) is 5.92 Å². The van der Waals surface area contributed by atoms with E-state index in [1.165, 1.54) is 0 Å². The molecule has 0 radical (unpaired) electrons. The Balaban J connectivity index is 2.13. The van der Waals surface area contributed by atoms with Crippen molar-refractivity contribution in [2.24, 2.45) is 5.92 Å². The summed E-state index contributed by atoms with van der Waals surface area (Å²) in [5, 5.41) is 3.11. The highest BCUT2D eigenvalue weighted by atomic mass is 14.9. The zero-order valence-electron chi connectivity index (χ0n) is 5.09. The van der Waals surface area contributed by atoms with Gasteiger partial charge in [0.1, 0.15) is 0 Å². The van der Waals surface area contributed by atoms with Crippen molar-refractivity contribution in [1.82, 2.24) is 5.32 Å². The molecule has 0 amide bonds. The van der Waals surface area contributed by atoms with Gasteiger partial charge >= 0.3 is 0 Å². The summed E-state index contributed by atoms with van der Waals surface area (Å²) in [5.41, 5.74) is 0. The Morgan fingerprint density at radius 3 is 2.75 bits per heavy atom. The Kier molecular flexibility index (Phi) is 1.38. The summed E-state index contributed by atoms with van der Waals surface area (Å²) in [4.78, 5) is 0. The fraction of sp³-hybridized carbons (Fsp3) is 0.429. The van der Waals surface area contributed by atoms with Gasteiger partial charge < -0.3 is 5.32 Å². The Labute approximate surface area is 50.1 Å². The molecule has 0 saturated carbocycles. The molecule has 1 heteroatoms. The van der Waals surface area contributed by atoms with Gasteiger partial charge in [-0.05, 0) is 13.1 Å². The van der Waals surface area contributed by atoms with Crippen LogP contribution in [-0.2, 0) is 0 Å². The Hall–Kier alpha value is -0.720. The van der Waals surface area contributed by atoms with E-state index >= 15 is 0 Å². The van der Waals surface area contributed by atoms with Crippen LogP contribution >= 0.6 is 0 Å². The molecule has 1 N–H and O–H groups in total. The summed E-state index contributed by atoms with van der Waals surface area (Å²) < 4.78 is 0. The molecule has 1 atom stereocenters. The van der Waals surface area contributed by atoms with Crippen molar-refractivity contribution < 1.29 is 0 Å². The van der Waals surface area contributed by atoms with Gasteiger partial charge in [-0.15, -0.1) is 0 Å². The molecule has 1 rings (SSSR count). The van der Waals surface area contributed by atoms with Crippen molar-refractivity contribution in [2.75, 3.05) is 0 Å². The van der Waals surface area contributed by atoms with E-state index in [-0.39, 0.29) is 0 Å². The average molecular weight is 109 g/mol. The van der Waals surface area contributed by atoms with Crippen molar-refractivity contribution >= 4 is 0 Å². The lowest BCUT2D eigenvalue weighted by atomic mass is 10.2. The number of rotatable bonds is 3. The summed E-state index contributed by atoms with van der Waals surface area (Å²) in [6.45, 7) is 5.72. The molecular formula is C7H11N. The number of hydrogen-bond acceptors (Lipinski definition) is 1. The number of hydrogen-bond donors (Lipinski definition) is 1. The fourth-order valence-corrected chi connectivity index (χ4v) is 0.694. The SMILES string of the molecule is C=CNC(C)C1C=C1. The van der Waals surface area contributed by atoms with Crippen LogP contribution in [0.15, 0.2) is 24.9 Å². The fourth-order valence-electron chi connectivity index (χ4n) is 0.694. The van der Waals surface area contributed by atoms with E-state index in [1.54, 1.807) is 6.20 Å². The van der Waals surface area contributed by atoms with E-state index < -0.39 is 0 Å². The minimum Gasteiger partial charge on any atom is -0.388 e. The van der Waals surface area contributed by atoms with E-state index in [0.29, 0.717) is 12.0 Å². The third-order valence-corrected chi connectivity index (χ3v) is 1.37. The van der Waals surface area contributed by atoms with Crippen molar-refractivity contribution in [2.45, 2.75) is 13.0 Å². The number of nitrogens with one attached hydrogen (secondary N) is 1. The normalized spacial score (nSPS) is 20.1. The predicted octanol–water partition coefficient (Wildman–Crippen LogP) is 1.29. The summed E-state index contributed by atoms with van der Waals surface area (Å²) in [5.74, 6) is 0.688. The smallest absolute Gasteiger partial charge is 0.0324 e. The molecule has 0 saturated heterocycles. The summed E-state index contributed by atoms with van der Waals surface area (Å²) >= 11 is 0. The minimum atomic E-state index is 0.549. The van der Waals surface area contributed by atoms with Crippen LogP contribution in [0.1, 0.15) is 6.92 Å². The largest absolute Gasteiger partial charge is 0.388 e. The van der Waals surface area contributed by atoms with E-state index in [1.807, 2.05) is 0 Å². The van der Waals surface area contributed by atoms with Crippen molar-refractivity contribution in [3.05, 3.63) is 24.9 Å². The van der Waals surface area contributed by atoms with Gasteiger partial charge in [-0.2, -0.15) is 0 Å². The molecule has 8 heavy (non-hydrogen) atoms. The van der Waals surface area contributed by atoms with Crippen molar-refractivity contribution in [3.8, 4) is 0 Å². The third-order valence-electron chi connectivity index (χ3n) is 1.37. The Bertz CT molecular complexity index is 110. The van der Waals surface area contributed by atoms with E-state index in [4.69, 9.17) is 0 Å². The van der Waals surface area contributed by atoms with Gasteiger partial charge in [-0.3, -0.25) is 0 Å². The second-order valence-electron chi connectivity index (χ2n) is 2.12. The molecule has 0 aromatic carbocycles. The van der Waals surface area contributed by atoms with E-state index in [0.717, 1.165) is 0 Å². The summed E-state index contributed by atoms with van der Waals surface area (Å²) in [6, 6.07) is 0.549. The lowest BCUT2D eigenvalue weighted by molar-refractivity contribution is 0.600. The summed E-state index contributed by atoms with van der Waals surface area (Å²) in [7, 11) is 0. The van der Waals surface area contributed by atoms with Crippen LogP contribution in [0.3, 0.4) is 0 Å². The van der Waals surface area contributed by atoms with Crippen LogP contribution in [0.5, 0.6) is 0 Å². The first-order valence-electron chi connectivity index (χ1n) is 2.90. The molecular weight excluding hydrogens is 98.1 g/mol. The molecule has 0 bridgehead atoms. The molecule has 0 heterocycles. The van der Waals surface area contributed by atoms with Gasteiger partial charge in [0.05, 0.1) is 0 Å². The van der Waals surface area contributed by atoms with Crippen LogP contribution < -0.4 is 5.32 Å². The van der Waals surface area contributed by atoms with Crippen molar-refractivity contribution in [1.29, 1.82) is 0 Å². The van der Waals surface area contributed by atoms with Gasteiger partial charge in [0, 0.05) is 12.0 Å².